The molecule has 1 N–H and O–H groups in total. The predicted molar refractivity (Wildman–Crippen MR) is 99.9 cm³/mol. The number of carboxylic acid groups (broad SMARTS) is 1. The summed E-state index contributed by atoms with van der Waals surface area (Å²) in [6.07, 6.45) is 3.29. The van der Waals surface area contributed by atoms with Gasteiger partial charge in [-0.05, 0) is 56.3 Å². The van der Waals surface area contributed by atoms with Crippen molar-refractivity contribution >= 4 is 17.0 Å². The zero-order chi connectivity index (χ0) is 18.8. The second-order valence-electron chi connectivity index (χ2n) is 6.86. The summed E-state index contributed by atoms with van der Waals surface area (Å²) in [5, 5.41) is 10.7. The fourth-order valence-electron chi connectivity index (χ4n) is 3.83. The van der Waals surface area contributed by atoms with Crippen LogP contribution >= 0.6 is 0 Å². The van der Waals surface area contributed by atoms with Crippen molar-refractivity contribution in [3.8, 4) is 0 Å². The molecule has 6 heteroatoms. The molecule has 0 saturated carbocycles. The van der Waals surface area contributed by atoms with Crippen LogP contribution in [0.3, 0.4) is 0 Å². The topological polar surface area (TPSA) is 66.3 Å². The van der Waals surface area contributed by atoms with Crippen molar-refractivity contribution in [3.05, 3.63) is 71.8 Å². The van der Waals surface area contributed by atoms with Gasteiger partial charge in [0.2, 0.25) is 0 Å². The molecular weight excluding hydrogens is 345 g/mol. The molecule has 5 nitrogen and oxygen atoms in total. The molecule has 1 fully saturated rings. The summed E-state index contributed by atoms with van der Waals surface area (Å²) in [6.45, 7) is 1.16. The minimum absolute atomic E-state index is 0.219. The number of rotatable bonds is 4. The lowest BCUT2D eigenvalue weighted by Crippen LogP contribution is -2.40. The molecule has 0 aliphatic carbocycles. The van der Waals surface area contributed by atoms with Gasteiger partial charge in [0.1, 0.15) is 11.9 Å². The quantitative estimate of drug-likeness (QED) is 0.762. The Hall–Kier alpha value is -2.86. The number of piperidine rings is 1. The monoisotopic (exact) mass is 365 g/mol. The fraction of sp³-hybridized carbons (Fsp3) is 0.286. The van der Waals surface area contributed by atoms with E-state index in [4.69, 9.17) is 0 Å². The number of fused-ring (bicyclic) bond motifs is 1. The Morgan fingerprint density at radius 3 is 2.63 bits per heavy atom. The number of nitrogens with zero attached hydrogens (tertiary/aromatic N) is 3. The number of aromatic nitrogens is 2. The van der Waals surface area contributed by atoms with Crippen LogP contribution in [0.25, 0.3) is 11.0 Å². The molecular formula is C21H20FN3O2. The number of aliphatic carboxylic acids is 1. The molecule has 4 rings (SSSR count). The molecule has 0 spiro atoms. The number of likely N-dealkylation sites (tertiary alicyclic amines) is 1. The van der Waals surface area contributed by atoms with E-state index in [-0.39, 0.29) is 11.5 Å². The third-order valence-corrected chi connectivity index (χ3v) is 5.23. The standard InChI is InChI=1S/C21H20FN3O2/c22-17-6-2-1-5-16(17)19(21(26)27)25-12-9-14(10-13-25)18-8-7-15-4-3-11-23-20(15)24-18/h1-8,11,14,19H,9-10,12-13H2,(H,26,27). The van der Waals surface area contributed by atoms with E-state index in [1.165, 1.54) is 6.07 Å². The zero-order valence-electron chi connectivity index (χ0n) is 14.8. The maximum absolute atomic E-state index is 14.1. The first kappa shape index (κ1) is 17.5. The van der Waals surface area contributed by atoms with Crippen LogP contribution in [0.1, 0.15) is 36.1 Å². The smallest absolute Gasteiger partial charge is 0.325 e. The largest absolute Gasteiger partial charge is 0.480 e. The second kappa shape index (κ2) is 7.40. The van der Waals surface area contributed by atoms with E-state index in [0.717, 1.165) is 29.6 Å². The molecule has 2 aromatic heterocycles. The van der Waals surface area contributed by atoms with E-state index in [2.05, 4.69) is 9.97 Å². The van der Waals surface area contributed by atoms with Crippen molar-refractivity contribution in [2.24, 2.45) is 0 Å². The molecule has 138 valence electrons. The summed E-state index contributed by atoms with van der Waals surface area (Å²) in [4.78, 5) is 22.6. The summed E-state index contributed by atoms with van der Waals surface area (Å²) < 4.78 is 14.1. The minimum atomic E-state index is -1.02. The molecule has 1 aromatic carbocycles. The van der Waals surface area contributed by atoms with Crippen molar-refractivity contribution in [1.29, 1.82) is 0 Å². The maximum Gasteiger partial charge on any atom is 0.325 e. The first-order valence-corrected chi connectivity index (χ1v) is 9.06. The molecule has 1 unspecified atom stereocenters. The van der Waals surface area contributed by atoms with Gasteiger partial charge in [0.05, 0.1) is 0 Å². The van der Waals surface area contributed by atoms with E-state index >= 15 is 0 Å². The van der Waals surface area contributed by atoms with Crippen LogP contribution in [0.15, 0.2) is 54.7 Å². The third-order valence-electron chi connectivity index (χ3n) is 5.23. The normalized spacial score (nSPS) is 17.1. The van der Waals surface area contributed by atoms with Crippen LogP contribution < -0.4 is 0 Å². The lowest BCUT2D eigenvalue weighted by molar-refractivity contribution is -0.144. The molecule has 3 heterocycles. The number of pyridine rings is 2. The predicted octanol–water partition coefficient (Wildman–Crippen LogP) is 3.77. The molecule has 1 aliphatic rings. The van der Waals surface area contributed by atoms with Gasteiger partial charge in [0, 0.05) is 28.8 Å². The van der Waals surface area contributed by atoms with Gasteiger partial charge in [-0.15, -0.1) is 0 Å². The van der Waals surface area contributed by atoms with Gasteiger partial charge >= 0.3 is 5.97 Å². The van der Waals surface area contributed by atoms with E-state index in [9.17, 15) is 14.3 Å². The lowest BCUT2D eigenvalue weighted by atomic mass is 9.91. The van der Waals surface area contributed by atoms with Gasteiger partial charge in [-0.1, -0.05) is 18.2 Å². The van der Waals surface area contributed by atoms with Gasteiger partial charge in [-0.25, -0.2) is 14.4 Å². The van der Waals surface area contributed by atoms with Gasteiger partial charge in [-0.2, -0.15) is 0 Å². The lowest BCUT2D eigenvalue weighted by Gasteiger charge is -2.35. The van der Waals surface area contributed by atoms with Crippen LogP contribution in [0.2, 0.25) is 0 Å². The van der Waals surface area contributed by atoms with E-state index < -0.39 is 17.8 Å². The number of benzene rings is 1. The van der Waals surface area contributed by atoms with Gasteiger partial charge in [-0.3, -0.25) is 9.69 Å². The maximum atomic E-state index is 14.1. The van der Waals surface area contributed by atoms with Crippen LogP contribution in [0, 0.1) is 5.82 Å². The SMILES string of the molecule is O=C(O)C(c1ccccc1F)N1CCC(c2ccc3cccnc3n2)CC1. The molecule has 0 amide bonds. The number of carboxylic acids is 1. The highest BCUT2D eigenvalue weighted by Gasteiger charge is 2.33. The molecule has 0 bridgehead atoms. The molecule has 1 atom stereocenters. The van der Waals surface area contributed by atoms with E-state index in [1.54, 1.807) is 24.4 Å². The summed E-state index contributed by atoms with van der Waals surface area (Å²) >= 11 is 0. The minimum Gasteiger partial charge on any atom is -0.480 e. The van der Waals surface area contributed by atoms with Crippen molar-refractivity contribution in [3.63, 3.8) is 0 Å². The second-order valence-corrected chi connectivity index (χ2v) is 6.86. The number of carbonyl (C=O) groups is 1. The van der Waals surface area contributed by atoms with Crippen molar-refractivity contribution in [2.75, 3.05) is 13.1 Å². The highest BCUT2D eigenvalue weighted by Crippen LogP contribution is 2.33. The zero-order valence-corrected chi connectivity index (χ0v) is 14.8. The highest BCUT2D eigenvalue weighted by molar-refractivity contribution is 5.76. The van der Waals surface area contributed by atoms with Crippen molar-refractivity contribution in [2.45, 2.75) is 24.8 Å². The Balaban J connectivity index is 1.51. The van der Waals surface area contributed by atoms with Crippen LogP contribution in [0.4, 0.5) is 4.39 Å². The van der Waals surface area contributed by atoms with Gasteiger partial charge < -0.3 is 5.11 Å². The average Bonchev–Trinajstić information content (AvgIpc) is 2.69. The first-order valence-electron chi connectivity index (χ1n) is 9.06. The molecule has 3 aromatic rings. The van der Waals surface area contributed by atoms with Crippen LogP contribution in [-0.2, 0) is 4.79 Å². The van der Waals surface area contributed by atoms with Crippen LogP contribution in [-0.4, -0.2) is 39.0 Å². The number of hydrogen-bond donors (Lipinski definition) is 1. The number of hydrogen-bond acceptors (Lipinski definition) is 4. The van der Waals surface area contributed by atoms with Gasteiger partial charge in [0.15, 0.2) is 5.65 Å². The van der Waals surface area contributed by atoms with E-state index in [0.29, 0.717) is 13.1 Å². The molecule has 0 radical (unpaired) electrons. The summed E-state index contributed by atoms with van der Waals surface area (Å²) in [5.41, 5.74) is 1.93. The average molecular weight is 365 g/mol. The summed E-state index contributed by atoms with van der Waals surface area (Å²) in [5.74, 6) is -1.25. The Kier molecular flexibility index (Phi) is 4.81. The Morgan fingerprint density at radius 2 is 1.89 bits per heavy atom. The Labute approximate surface area is 156 Å². The molecule has 1 aliphatic heterocycles. The fourth-order valence-corrected chi connectivity index (χ4v) is 3.83. The van der Waals surface area contributed by atoms with Crippen molar-refractivity contribution < 1.29 is 14.3 Å². The van der Waals surface area contributed by atoms with E-state index in [1.807, 2.05) is 29.2 Å². The third kappa shape index (κ3) is 3.53. The number of halogens is 1. The molecule has 27 heavy (non-hydrogen) atoms. The van der Waals surface area contributed by atoms with Crippen LogP contribution in [0.5, 0.6) is 0 Å². The highest BCUT2D eigenvalue weighted by atomic mass is 19.1. The summed E-state index contributed by atoms with van der Waals surface area (Å²) in [7, 11) is 0. The van der Waals surface area contributed by atoms with Crippen molar-refractivity contribution in [1.82, 2.24) is 14.9 Å². The van der Waals surface area contributed by atoms with Gasteiger partial charge in [0.25, 0.3) is 0 Å². The first-order chi connectivity index (χ1) is 13.1. The Bertz CT molecular complexity index is 970. The molecule has 1 saturated heterocycles. The summed E-state index contributed by atoms with van der Waals surface area (Å²) in [6, 6.07) is 13.1. The Morgan fingerprint density at radius 1 is 1.11 bits per heavy atom.